The average Bonchev–Trinajstić information content (AvgIpc) is 2.94. The molecular formula is C34H35NO4. The van der Waals surface area contributed by atoms with Gasteiger partial charge < -0.3 is 14.8 Å². The molecule has 0 fully saturated rings. The van der Waals surface area contributed by atoms with Crippen LogP contribution in [0.5, 0.6) is 0 Å². The quantitative estimate of drug-likeness (QED) is 0.208. The third-order valence-electron chi connectivity index (χ3n) is 6.62. The first-order valence-electron chi connectivity index (χ1n) is 13.1. The minimum absolute atomic E-state index is 0.265. The van der Waals surface area contributed by atoms with Crippen molar-refractivity contribution in [3.05, 3.63) is 143 Å². The van der Waals surface area contributed by atoms with E-state index in [1.807, 2.05) is 30.3 Å². The van der Waals surface area contributed by atoms with E-state index in [-0.39, 0.29) is 6.42 Å². The predicted octanol–water partition coefficient (Wildman–Crippen LogP) is 6.68. The number of benzene rings is 4. The number of carbonyl (C=O) groups is 2. The molecule has 4 aromatic rings. The molecule has 0 aliphatic heterocycles. The Hall–Kier alpha value is -4.38. The van der Waals surface area contributed by atoms with Gasteiger partial charge in [-0.05, 0) is 48.6 Å². The second-order valence-electron chi connectivity index (χ2n) is 10.5. The number of nitrogens with one attached hydrogen (secondary N) is 1. The van der Waals surface area contributed by atoms with Crippen molar-refractivity contribution in [2.45, 2.75) is 44.2 Å². The van der Waals surface area contributed by atoms with E-state index < -0.39 is 29.1 Å². The molecule has 1 amide bonds. The monoisotopic (exact) mass is 521 g/mol. The molecule has 39 heavy (non-hydrogen) atoms. The zero-order valence-corrected chi connectivity index (χ0v) is 22.9. The molecule has 0 saturated carbocycles. The molecular weight excluding hydrogens is 486 g/mol. The van der Waals surface area contributed by atoms with Crippen LogP contribution >= 0.6 is 0 Å². The van der Waals surface area contributed by atoms with Gasteiger partial charge in [-0.3, -0.25) is 0 Å². The van der Waals surface area contributed by atoms with E-state index in [0.717, 1.165) is 27.8 Å². The van der Waals surface area contributed by atoms with Gasteiger partial charge in [0.1, 0.15) is 11.6 Å². The van der Waals surface area contributed by atoms with Crippen LogP contribution < -0.4 is 5.32 Å². The number of ether oxygens (including phenoxy) is 2. The van der Waals surface area contributed by atoms with Crippen molar-refractivity contribution in [2.75, 3.05) is 7.11 Å². The van der Waals surface area contributed by atoms with E-state index in [4.69, 9.17) is 9.47 Å². The summed E-state index contributed by atoms with van der Waals surface area (Å²) >= 11 is 0. The molecule has 0 aromatic heterocycles. The molecule has 0 heterocycles. The van der Waals surface area contributed by atoms with Gasteiger partial charge in [-0.25, -0.2) is 9.59 Å². The van der Waals surface area contributed by atoms with Gasteiger partial charge >= 0.3 is 12.1 Å². The highest BCUT2D eigenvalue weighted by atomic mass is 16.6. The molecule has 200 valence electrons. The maximum absolute atomic E-state index is 12.5. The van der Waals surface area contributed by atoms with Crippen molar-refractivity contribution >= 4 is 12.1 Å². The Bertz CT molecular complexity index is 1270. The first kappa shape index (κ1) is 27.6. The lowest BCUT2D eigenvalue weighted by Gasteiger charge is -2.37. The second kappa shape index (κ2) is 12.0. The summed E-state index contributed by atoms with van der Waals surface area (Å²) in [6.45, 7) is 5.32. The van der Waals surface area contributed by atoms with E-state index in [0.29, 0.717) is 0 Å². The van der Waals surface area contributed by atoms with Crippen LogP contribution in [0.1, 0.15) is 48.6 Å². The average molecular weight is 522 g/mol. The summed E-state index contributed by atoms with van der Waals surface area (Å²) in [5, 5.41) is 2.66. The van der Waals surface area contributed by atoms with E-state index in [1.54, 1.807) is 20.8 Å². The number of rotatable bonds is 8. The number of hydrogen-bond donors (Lipinski definition) is 1. The van der Waals surface area contributed by atoms with Crippen molar-refractivity contribution < 1.29 is 19.1 Å². The maximum Gasteiger partial charge on any atom is 0.408 e. The topological polar surface area (TPSA) is 64.6 Å². The molecule has 0 aliphatic carbocycles. The van der Waals surface area contributed by atoms with Gasteiger partial charge in [-0.1, -0.05) is 115 Å². The summed E-state index contributed by atoms with van der Waals surface area (Å²) in [6.07, 6.45) is -0.396. The molecule has 0 bridgehead atoms. The first-order chi connectivity index (χ1) is 18.7. The van der Waals surface area contributed by atoms with Crippen LogP contribution in [0.2, 0.25) is 0 Å². The Labute approximate surface area is 230 Å². The lowest BCUT2D eigenvalue weighted by Crippen LogP contribution is -2.45. The Morgan fingerprint density at radius 3 is 1.46 bits per heavy atom. The Morgan fingerprint density at radius 1 is 0.667 bits per heavy atom. The fourth-order valence-electron chi connectivity index (χ4n) is 4.98. The van der Waals surface area contributed by atoms with E-state index in [9.17, 15) is 9.59 Å². The highest BCUT2D eigenvalue weighted by Gasteiger charge is 2.38. The van der Waals surface area contributed by atoms with Crippen LogP contribution in [-0.2, 0) is 26.1 Å². The van der Waals surface area contributed by atoms with Gasteiger partial charge in [0.2, 0.25) is 0 Å². The zero-order valence-electron chi connectivity index (χ0n) is 22.9. The van der Waals surface area contributed by atoms with Crippen molar-refractivity contribution in [3.63, 3.8) is 0 Å². The van der Waals surface area contributed by atoms with Crippen LogP contribution in [0.4, 0.5) is 4.79 Å². The third kappa shape index (κ3) is 6.37. The lowest BCUT2D eigenvalue weighted by molar-refractivity contribution is -0.143. The molecule has 4 rings (SSSR count). The highest BCUT2D eigenvalue weighted by Crippen LogP contribution is 2.45. The van der Waals surface area contributed by atoms with E-state index in [2.05, 4.69) is 90.2 Å². The van der Waals surface area contributed by atoms with Crippen LogP contribution in [0.15, 0.2) is 115 Å². The van der Waals surface area contributed by atoms with Gasteiger partial charge in [-0.15, -0.1) is 0 Å². The standard InChI is InChI=1S/C34H35NO4/c1-33(2,3)39-32(37)35-30(31(36)38-4)24-25-20-22-29(23-21-25)34(26-14-8-5-9-15-26,27-16-10-6-11-17-27)28-18-12-7-13-19-28/h5-23,30H,24H2,1-4H3,(H,35,37). The third-order valence-corrected chi connectivity index (χ3v) is 6.62. The summed E-state index contributed by atoms with van der Waals surface area (Å²) in [7, 11) is 1.31. The normalized spacial score (nSPS) is 12.3. The van der Waals surface area contributed by atoms with E-state index in [1.165, 1.54) is 7.11 Å². The Kier molecular flexibility index (Phi) is 8.50. The number of esters is 1. The summed E-state index contributed by atoms with van der Waals surface area (Å²) in [5.74, 6) is -0.530. The van der Waals surface area contributed by atoms with Crippen LogP contribution in [-0.4, -0.2) is 30.8 Å². The fourth-order valence-corrected chi connectivity index (χ4v) is 4.98. The summed E-state index contributed by atoms with van der Waals surface area (Å²) in [5.41, 5.74) is 4.18. The van der Waals surface area contributed by atoms with Crippen LogP contribution in [0.3, 0.4) is 0 Å². The van der Waals surface area contributed by atoms with Crippen molar-refractivity contribution in [2.24, 2.45) is 0 Å². The number of carbonyl (C=O) groups excluding carboxylic acids is 2. The number of hydrogen-bond acceptors (Lipinski definition) is 4. The van der Waals surface area contributed by atoms with Gasteiger partial charge in [-0.2, -0.15) is 0 Å². The molecule has 0 spiro atoms. The number of alkyl carbamates (subject to hydrolysis) is 1. The zero-order chi connectivity index (χ0) is 27.9. The number of amides is 1. The van der Waals surface area contributed by atoms with Crippen molar-refractivity contribution in [3.8, 4) is 0 Å². The predicted molar refractivity (Wildman–Crippen MR) is 154 cm³/mol. The van der Waals surface area contributed by atoms with Crippen molar-refractivity contribution in [1.82, 2.24) is 5.32 Å². The minimum Gasteiger partial charge on any atom is -0.467 e. The molecule has 4 aromatic carbocycles. The molecule has 1 atom stereocenters. The molecule has 1 unspecified atom stereocenters. The molecule has 0 saturated heterocycles. The maximum atomic E-state index is 12.5. The second-order valence-corrected chi connectivity index (χ2v) is 10.5. The van der Waals surface area contributed by atoms with Gasteiger partial charge in [0.15, 0.2) is 0 Å². The van der Waals surface area contributed by atoms with E-state index >= 15 is 0 Å². The molecule has 5 heteroatoms. The summed E-state index contributed by atoms with van der Waals surface area (Å²) in [4.78, 5) is 24.9. The Balaban J connectivity index is 1.76. The van der Waals surface area contributed by atoms with Gasteiger partial charge in [0, 0.05) is 6.42 Å². The molecule has 0 radical (unpaired) electrons. The molecule has 1 N–H and O–H groups in total. The lowest BCUT2D eigenvalue weighted by atomic mass is 9.65. The van der Waals surface area contributed by atoms with Crippen molar-refractivity contribution in [1.29, 1.82) is 0 Å². The fraction of sp³-hybridized carbons (Fsp3) is 0.235. The van der Waals surface area contributed by atoms with Crippen LogP contribution in [0, 0.1) is 0 Å². The van der Waals surface area contributed by atoms with Gasteiger partial charge in [0.25, 0.3) is 0 Å². The Morgan fingerprint density at radius 2 is 1.08 bits per heavy atom. The highest BCUT2D eigenvalue weighted by molar-refractivity contribution is 5.81. The van der Waals surface area contributed by atoms with Crippen LogP contribution in [0.25, 0.3) is 0 Å². The largest absolute Gasteiger partial charge is 0.467 e. The number of methoxy groups -OCH3 is 1. The summed E-state index contributed by atoms with van der Waals surface area (Å²) in [6, 6.07) is 38.7. The molecule has 0 aliphatic rings. The summed E-state index contributed by atoms with van der Waals surface area (Å²) < 4.78 is 10.3. The van der Waals surface area contributed by atoms with Gasteiger partial charge in [0.05, 0.1) is 12.5 Å². The SMILES string of the molecule is COC(=O)C(Cc1ccc(C(c2ccccc2)(c2ccccc2)c2ccccc2)cc1)NC(=O)OC(C)(C)C. The first-order valence-corrected chi connectivity index (χ1v) is 13.1. The minimum atomic E-state index is -0.877. The molecule has 5 nitrogen and oxygen atoms in total. The smallest absolute Gasteiger partial charge is 0.408 e.